The van der Waals surface area contributed by atoms with Gasteiger partial charge in [0.05, 0.1) is 23.7 Å². The van der Waals surface area contributed by atoms with Crippen LogP contribution >= 0.6 is 0 Å². The van der Waals surface area contributed by atoms with Gasteiger partial charge in [0.25, 0.3) is 0 Å². The predicted molar refractivity (Wildman–Crippen MR) is 114 cm³/mol. The molecular formula is C22H22F3N5O3. The number of imidazole rings is 1. The van der Waals surface area contributed by atoms with Crippen LogP contribution in [0.4, 0.5) is 23.9 Å². The van der Waals surface area contributed by atoms with E-state index in [-0.39, 0.29) is 37.7 Å². The zero-order valence-electron chi connectivity index (χ0n) is 17.7. The van der Waals surface area contributed by atoms with Gasteiger partial charge in [0.2, 0.25) is 11.9 Å². The largest absolute Gasteiger partial charge is 0.453 e. The second kappa shape index (κ2) is 9.00. The van der Waals surface area contributed by atoms with E-state index in [1.807, 2.05) is 12.1 Å². The lowest BCUT2D eigenvalue weighted by atomic mass is 10.0. The van der Waals surface area contributed by atoms with Gasteiger partial charge in [-0.2, -0.15) is 13.2 Å². The minimum Gasteiger partial charge on any atom is -0.453 e. The summed E-state index contributed by atoms with van der Waals surface area (Å²) >= 11 is 0. The van der Waals surface area contributed by atoms with Gasteiger partial charge in [-0.3, -0.25) is 4.79 Å². The number of carbonyl (C=O) groups excluding carboxylic acids is 2. The molecule has 2 amide bonds. The van der Waals surface area contributed by atoms with Crippen molar-refractivity contribution in [2.24, 2.45) is 0 Å². The number of aromatic nitrogens is 2. The minimum atomic E-state index is -4.55. The van der Waals surface area contributed by atoms with Crippen LogP contribution in [0.5, 0.6) is 0 Å². The molecule has 2 heterocycles. The number of H-pyrrole nitrogens is 1. The number of benzene rings is 2. The molecule has 1 aliphatic rings. The Hall–Kier alpha value is -3.76. The molecule has 0 spiro atoms. The molecule has 8 nitrogen and oxygen atoms in total. The number of carbonyl (C=O) groups is 2. The second-order valence-electron chi connectivity index (χ2n) is 7.59. The van der Waals surface area contributed by atoms with Gasteiger partial charge in [0.1, 0.15) is 6.04 Å². The molecule has 0 saturated carbocycles. The zero-order valence-corrected chi connectivity index (χ0v) is 17.7. The molecule has 2 aromatic carbocycles. The Bertz CT molecular complexity index is 1120. The summed E-state index contributed by atoms with van der Waals surface area (Å²) in [6.07, 6.45) is -5.04. The van der Waals surface area contributed by atoms with Gasteiger partial charge in [-0.15, -0.1) is 0 Å². The molecule has 1 aromatic heterocycles. The number of halogens is 3. The fourth-order valence-electron chi connectivity index (χ4n) is 3.76. The topological polar surface area (TPSA) is 90.6 Å². The molecule has 1 atom stereocenters. The van der Waals surface area contributed by atoms with Crippen molar-refractivity contribution in [3.63, 3.8) is 0 Å². The maximum Gasteiger partial charge on any atom is 0.416 e. The highest BCUT2D eigenvalue weighted by Gasteiger charge is 2.34. The van der Waals surface area contributed by atoms with Crippen LogP contribution in [-0.4, -0.2) is 65.1 Å². The summed E-state index contributed by atoms with van der Waals surface area (Å²) < 4.78 is 44.7. The molecule has 4 rings (SSSR count). The van der Waals surface area contributed by atoms with Gasteiger partial charge in [-0.05, 0) is 29.8 Å². The predicted octanol–water partition coefficient (Wildman–Crippen LogP) is 3.65. The number of methoxy groups -OCH3 is 1. The molecule has 1 unspecified atom stereocenters. The lowest BCUT2D eigenvalue weighted by Gasteiger charge is -2.36. The maximum absolute atomic E-state index is 13.4. The third-order valence-electron chi connectivity index (χ3n) is 5.49. The van der Waals surface area contributed by atoms with Crippen LogP contribution in [0.2, 0.25) is 0 Å². The average molecular weight is 461 g/mol. The Labute approximate surface area is 187 Å². The van der Waals surface area contributed by atoms with Crippen LogP contribution in [0.3, 0.4) is 0 Å². The van der Waals surface area contributed by atoms with E-state index in [2.05, 4.69) is 15.3 Å². The average Bonchev–Trinajstić information content (AvgIpc) is 3.24. The smallest absolute Gasteiger partial charge is 0.416 e. The first-order valence-corrected chi connectivity index (χ1v) is 10.3. The molecule has 174 valence electrons. The standard InChI is InChI=1S/C22H22F3N5O3/c1-33-21(32)30-11-9-29(10-12-30)19(31)18(14-5-4-6-15(13-14)22(23,24)25)28-20-26-16-7-2-3-8-17(16)27-20/h2-8,13,18H,9-12H2,1H3,(H2,26,27,28). The molecule has 0 bridgehead atoms. The summed E-state index contributed by atoms with van der Waals surface area (Å²) in [6, 6.07) is 10.8. The third-order valence-corrected chi connectivity index (χ3v) is 5.49. The van der Waals surface area contributed by atoms with Crippen molar-refractivity contribution in [2.75, 3.05) is 38.6 Å². The summed E-state index contributed by atoms with van der Waals surface area (Å²) in [5.74, 6) is -0.153. The van der Waals surface area contributed by atoms with Crippen LogP contribution < -0.4 is 5.32 Å². The highest BCUT2D eigenvalue weighted by atomic mass is 19.4. The van der Waals surface area contributed by atoms with Gasteiger partial charge in [-0.25, -0.2) is 9.78 Å². The van der Waals surface area contributed by atoms with Gasteiger partial charge in [0.15, 0.2) is 0 Å². The number of alkyl halides is 3. The molecule has 11 heteroatoms. The quantitative estimate of drug-likeness (QED) is 0.619. The Morgan fingerprint density at radius 3 is 2.42 bits per heavy atom. The van der Waals surface area contributed by atoms with Crippen molar-refractivity contribution in [1.29, 1.82) is 0 Å². The van der Waals surface area contributed by atoms with Crippen LogP contribution in [0.25, 0.3) is 11.0 Å². The van der Waals surface area contributed by atoms with Crippen LogP contribution in [0.1, 0.15) is 17.2 Å². The molecule has 2 N–H and O–H groups in total. The first kappa shape index (κ1) is 22.4. The van der Waals surface area contributed by atoms with Gasteiger partial charge >= 0.3 is 12.3 Å². The van der Waals surface area contributed by atoms with Crippen LogP contribution in [0, 0.1) is 0 Å². The van der Waals surface area contributed by atoms with E-state index in [0.717, 1.165) is 17.6 Å². The second-order valence-corrected chi connectivity index (χ2v) is 7.59. The summed E-state index contributed by atoms with van der Waals surface area (Å²) in [4.78, 5) is 35.6. The third kappa shape index (κ3) is 4.86. The SMILES string of the molecule is COC(=O)N1CCN(C(=O)C(Nc2nc3ccccc3[nH]2)c2cccc(C(F)(F)F)c2)CC1. The fraction of sp³-hybridized carbons (Fsp3) is 0.318. The monoisotopic (exact) mass is 461 g/mol. The number of fused-ring (bicyclic) bond motifs is 1. The number of ether oxygens (including phenoxy) is 1. The highest BCUT2D eigenvalue weighted by Crippen LogP contribution is 2.32. The molecule has 0 aliphatic carbocycles. The molecule has 1 aliphatic heterocycles. The van der Waals surface area contributed by atoms with Crippen molar-refractivity contribution in [3.05, 3.63) is 59.7 Å². The molecular weight excluding hydrogens is 439 g/mol. The number of nitrogens with zero attached hydrogens (tertiary/aromatic N) is 3. The highest BCUT2D eigenvalue weighted by molar-refractivity contribution is 5.87. The zero-order chi connectivity index (χ0) is 23.6. The number of aromatic amines is 1. The summed E-state index contributed by atoms with van der Waals surface area (Å²) in [5.41, 5.74) is 0.689. The lowest BCUT2D eigenvalue weighted by Crippen LogP contribution is -2.52. The van der Waals surface area contributed by atoms with E-state index in [0.29, 0.717) is 5.52 Å². The van der Waals surface area contributed by atoms with Crippen molar-refractivity contribution in [3.8, 4) is 0 Å². The maximum atomic E-state index is 13.4. The van der Waals surface area contributed by atoms with E-state index in [1.54, 1.807) is 12.1 Å². The number of para-hydroxylation sites is 2. The molecule has 1 saturated heterocycles. The van der Waals surface area contributed by atoms with E-state index in [1.165, 1.54) is 29.0 Å². The van der Waals surface area contributed by atoms with Gasteiger partial charge < -0.3 is 24.8 Å². The Morgan fingerprint density at radius 1 is 1.06 bits per heavy atom. The first-order chi connectivity index (χ1) is 15.8. The number of hydrogen-bond acceptors (Lipinski definition) is 5. The Kier molecular flexibility index (Phi) is 6.12. The van der Waals surface area contributed by atoms with E-state index in [9.17, 15) is 22.8 Å². The molecule has 3 aromatic rings. The number of piperazine rings is 1. The van der Waals surface area contributed by atoms with Crippen molar-refractivity contribution < 1.29 is 27.5 Å². The summed E-state index contributed by atoms with van der Waals surface area (Å²) in [6.45, 7) is 0.979. The lowest BCUT2D eigenvalue weighted by molar-refractivity contribution is -0.138. The van der Waals surface area contributed by atoms with Crippen molar-refractivity contribution in [2.45, 2.75) is 12.2 Å². The molecule has 0 radical (unpaired) electrons. The fourth-order valence-corrected chi connectivity index (χ4v) is 3.76. The molecule has 33 heavy (non-hydrogen) atoms. The van der Waals surface area contributed by atoms with Crippen molar-refractivity contribution >= 4 is 29.0 Å². The normalized spacial score (nSPS) is 15.4. The van der Waals surface area contributed by atoms with Crippen molar-refractivity contribution in [1.82, 2.24) is 19.8 Å². The number of rotatable bonds is 4. The summed E-state index contributed by atoms with van der Waals surface area (Å²) in [5, 5.41) is 2.98. The van der Waals surface area contributed by atoms with Gasteiger partial charge in [0, 0.05) is 26.2 Å². The Balaban J connectivity index is 1.62. The molecule has 1 fully saturated rings. The number of hydrogen-bond donors (Lipinski definition) is 2. The van der Waals surface area contributed by atoms with Crippen LogP contribution in [0.15, 0.2) is 48.5 Å². The minimum absolute atomic E-state index is 0.158. The number of amides is 2. The van der Waals surface area contributed by atoms with Gasteiger partial charge in [-0.1, -0.05) is 24.3 Å². The van der Waals surface area contributed by atoms with E-state index < -0.39 is 29.8 Å². The van der Waals surface area contributed by atoms with E-state index >= 15 is 0 Å². The first-order valence-electron chi connectivity index (χ1n) is 10.3. The van der Waals surface area contributed by atoms with Crippen LogP contribution in [-0.2, 0) is 15.7 Å². The summed E-state index contributed by atoms with van der Waals surface area (Å²) in [7, 11) is 1.28. The van der Waals surface area contributed by atoms with E-state index in [4.69, 9.17) is 4.74 Å². The number of anilines is 1. The number of nitrogens with one attached hydrogen (secondary N) is 2. The Morgan fingerprint density at radius 2 is 1.76 bits per heavy atom.